The number of imidazole rings is 1. The molecule has 6 heterocycles. The summed E-state index contributed by atoms with van der Waals surface area (Å²) in [5.74, 6) is 0.102. The van der Waals surface area contributed by atoms with Crippen LogP contribution in [-0.2, 0) is 30.6 Å². The van der Waals surface area contributed by atoms with E-state index in [1.807, 2.05) is 16.7 Å². The monoisotopic (exact) mass is 672 g/mol. The second-order valence-corrected chi connectivity index (χ2v) is 11.9. The topological polar surface area (TPSA) is 123 Å². The SMILES string of the molecule is C[C@H]1CN(c2cccc(OCc3ccc(Cl)cc3F)n2)CCN1Cc1nc2cc(-c3nnc(C(F)(F)F)[nH]3)nnc2n1C[C@@H]1CCO1. The average Bonchev–Trinajstić information content (AvgIpc) is 3.65. The van der Waals surface area contributed by atoms with Crippen LogP contribution in [0.1, 0.15) is 30.6 Å². The van der Waals surface area contributed by atoms with Gasteiger partial charge in [-0.3, -0.25) is 4.90 Å². The Bertz CT molecular complexity index is 1900. The standard InChI is InChI=1S/C30H29ClF4N10O2/c1-17-13-44(24-3-2-4-26(37-24)47-16-18-5-6-19(31)11-21(18)32)9-8-43(17)15-25-36-23-12-22(27-38-29(42-40-27)30(33,34)35)39-41-28(23)45(25)14-20-7-10-46-20/h2-6,11-12,17,20H,7-10,13-16H2,1H3,(H,38,40,42)/t17-,20-/m0/s1. The molecule has 5 aromatic rings. The maximum absolute atomic E-state index is 14.2. The molecule has 0 unspecified atom stereocenters. The number of nitrogens with one attached hydrogen (secondary N) is 1. The first-order chi connectivity index (χ1) is 22.6. The van der Waals surface area contributed by atoms with Crippen molar-refractivity contribution in [1.82, 2.24) is 44.8 Å². The Kier molecular flexibility index (Phi) is 8.40. The number of anilines is 1. The number of benzene rings is 1. The first-order valence-corrected chi connectivity index (χ1v) is 15.4. The summed E-state index contributed by atoms with van der Waals surface area (Å²) < 4.78 is 66.8. The van der Waals surface area contributed by atoms with Gasteiger partial charge in [0.25, 0.3) is 0 Å². The molecule has 0 aliphatic carbocycles. The van der Waals surface area contributed by atoms with Crippen LogP contribution < -0.4 is 9.64 Å². The van der Waals surface area contributed by atoms with Gasteiger partial charge in [0, 0.05) is 48.9 Å². The van der Waals surface area contributed by atoms with Gasteiger partial charge in [-0.15, -0.1) is 20.4 Å². The summed E-state index contributed by atoms with van der Waals surface area (Å²) in [6.07, 6.45) is -3.74. The Balaban J connectivity index is 1.06. The number of nitrogens with zero attached hydrogens (tertiary/aromatic N) is 9. The molecule has 0 saturated carbocycles. The molecule has 2 atom stereocenters. The normalized spacial score (nSPS) is 18.9. The molecule has 0 radical (unpaired) electrons. The number of fused-ring (bicyclic) bond motifs is 1. The summed E-state index contributed by atoms with van der Waals surface area (Å²) in [5, 5.41) is 15.6. The third kappa shape index (κ3) is 6.71. The summed E-state index contributed by atoms with van der Waals surface area (Å²) in [6, 6.07) is 11.6. The van der Waals surface area contributed by atoms with Gasteiger partial charge in [0.1, 0.15) is 35.3 Å². The van der Waals surface area contributed by atoms with Crippen molar-refractivity contribution in [2.24, 2.45) is 0 Å². The molecule has 7 rings (SSSR count). The fraction of sp³-hybridized carbons (Fsp3) is 0.400. The molecular formula is C30H29ClF4N10O2. The van der Waals surface area contributed by atoms with Gasteiger partial charge in [-0.25, -0.2) is 9.37 Å². The molecule has 2 saturated heterocycles. The van der Waals surface area contributed by atoms with Gasteiger partial charge in [0.05, 0.1) is 19.2 Å². The van der Waals surface area contributed by atoms with E-state index in [9.17, 15) is 17.6 Å². The molecule has 2 aliphatic heterocycles. The highest BCUT2D eigenvalue weighted by molar-refractivity contribution is 6.30. The van der Waals surface area contributed by atoms with E-state index in [1.165, 1.54) is 6.07 Å². The van der Waals surface area contributed by atoms with Crippen molar-refractivity contribution >= 4 is 28.6 Å². The predicted octanol–water partition coefficient (Wildman–Crippen LogP) is 4.90. The molecule has 0 amide bonds. The lowest BCUT2D eigenvalue weighted by Gasteiger charge is -2.40. The van der Waals surface area contributed by atoms with E-state index >= 15 is 0 Å². The van der Waals surface area contributed by atoms with E-state index in [0.29, 0.717) is 67.0 Å². The van der Waals surface area contributed by atoms with Gasteiger partial charge in [0.15, 0.2) is 11.5 Å². The number of hydrogen-bond acceptors (Lipinski definition) is 10. The van der Waals surface area contributed by atoms with Crippen molar-refractivity contribution in [3.8, 4) is 17.4 Å². The van der Waals surface area contributed by atoms with Crippen LogP contribution in [0, 0.1) is 5.82 Å². The molecule has 246 valence electrons. The highest BCUT2D eigenvalue weighted by Gasteiger charge is 2.36. The zero-order chi connectivity index (χ0) is 32.7. The number of pyridine rings is 1. The maximum Gasteiger partial charge on any atom is 0.451 e. The molecule has 0 bridgehead atoms. The quantitative estimate of drug-likeness (QED) is 0.217. The molecule has 1 aromatic carbocycles. The molecule has 47 heavy (non-hydrogen) atoms. The fourth-order valence-corrected chi connectivity index (χ4v) is 5.77. The van der Waals surface area contributed by atoms with Crippen LogP contribution in [-0.4, -0.2) is 83.2 Å². The first-order valence-electron chi connectivity index (χ1n) is 15.0. The van der Waals surface area contributed by atoms with E-state index in [1.54, 1.807) is 24.3 Å². The van der Waals surface area contributed by atoms with Crippen LogP contribution in [0.5, 0.6) is 5.88 Å². The molecule has 12 nitrogen and oxygen atoms in total. The minimum Gasteiger partial charge on any atom is -0.473 e. The van der Waals surface area contributed by atoms with E-state index in [2.05, 4.69) is 47.1 Å². The van der Waals surface area contributed by atoms with Crippen LogP contribution in [0.3, 0.4) is 0 Å². The van der Waals surface area contributed by atoms with Gasteiger partial charge < -0.3 is 23.9 Å². The average molecular weight is 673 g/mol. The lowest BCUT2D eigenvalue weighted by atomic mass is 10.1. The lowest BCUT2D eigenvalue weighted by Crippen LogP contribution is -2.52. The van der Waals surface area contributed by atoms with Gasteiger partial charge in [-0.05, 0) is 37.6 Å². The lowest BCUT2D eigenvalue weighted by molar-refractivity contribution is -0.144. The largest absolute Gasteiger partial charge is 0.473 e. The molecule has 17 heteroatoms. The Morgan fingerprint density at radius 2 is 1.91 bits per heavy atom. The number of halogens is 5. The van der Waals surface area contributed by atoms with Crippen molar-refractivity contribution in [2.75, 3.05) is 31.1 Å². The number of rotatable bonds is 9. The third-order valence-electron chi connectivity index (χ3n) is 8.28. The molecular weight excluding hydrogens is 644 g/mol. The molecule has 2 fully saturated rings. The summed E-state index contributed by atoms with van der Waals surface area (Å²) in [6.45, 7) is 5.96. The summed E-state index contributed by atoms with van der Waals surface area (Å²) in [5.41, 5.74) is 1.49. The number of H-pyrrole nitrogens is 1. The fourth-order valence-electron chi connectivity index (χ4n) is 5.61. The van der Waals surface area contributed by atoms with Gasteiger partial charge in [0.2, 0.25) is 11.7 Å². The second-order valence-electron chi connectivity index (χ2n) is 11.5. The van der Waals surface area contributed by atoms with Crippen LogP contribution in [0.15, 0.2) is 42.5 Å². The minimum atomic E-state index is -4.66. The van der Waals surface area contributed by atoms with E-state index < -0.39 is 17.8 Å². The van der Waals surface area contributed by atoms with Crippen molar-refractivity contribution in [3.05, 3.63) is 70.5 Å². The Labute approximate surface area is 270 Å². The smallest absolute Gasteiger partial charge is 0.451 e. The van der Waals surface area contributed by atoms with Crippen LogP contribution in [0.25, 0.3) is 22.7 Å². The highest BCUT2D eigenvalue weighted by atomic mass is 35.5. The first kappa shape index (κ1) is 31.2. The molecule has 4 aromatic heterocycles. The van der Waals surface area contributed by atoms with E-state index in [0.717, 1.165) is 18.1 Å². The van der Waals surface area contributed by atoms with Crippen LogP contribution in [0.4, 0.5) is 23.4 Å². The van der Waals surface area contributed by atoms with E-state index in [4.69, 9.17) is 26.1 Å². The van der Waals surface area contributed by atoms with Gasteiger partial charge in [-0.1, -0.05) is 23.7 Å². The van der Waals surface area contributed by atoms with Crippen LogP contribution >= 0.6 is 11.6 Å². The number of ether oxygens (including phenoxy) is 2. The zero-order valence-electron chi connectivity index (χ0n) is 25.1. The second kappa shape index (κ2) is 12.7. The Morgan fingerprint density at radius 1 is 1.06 bits per heavy atom. The summed E-state index contributed by atoms with van der Waals surface area (Å²) in [4.78, 5) is 16.1. The van der Waals surface area contributed by atoms with Crippen LogP contribution in [0.2, 0.25) is 5.02 Å². The molecule has 0 spiro atoms. The summed E-state index contributed by atoms with van der Waals surface area (Å²) in [7, 11) is 0. The Morgan fingerprint density at radius 3 is 2.64 bits per heavy atom. The van der Waals surface area contributed by atoms with Crippen molar-refractivity contribution in [1.29, 1.82) is 0 Å². The van der Waals surface area contributed by atoms with Gasteiger partial charge >= 0.3 is 6.18 Å². The number of aromatic nitrogens is 8. The number of piperazine rings is 1. The molecule has 1 N–H and O–H groups in total. The van der Waals surface area contributed by atoms with E-state index in [-0.39, 0.29) is 30.3 Å². The third-order valence-corrected chi connectivity index (χ3v) is 8.52. The Hall–Kier alpha value is -4.41. The number of alkyl halides is 3. The van der Waals surface area contributed by atoms with Crippen molar-refractivity contribution in [2.45, 2.75) is 51.4 Å². The maximum atomic E-state index is 14.2. The summed E-state index contributed by atoms with van der Waals surface area (Å²) >= 11 is 5.85. The number of aromatic amines is 1. The number of hydrogen-bond donors (Lipinski definition) is 1. The zero-order valence-corrected chi connectivity index (χ0v) is 25.8. The minimum absolute atomic E-state index is 0.0160. The molecule has 2 aliphatic rings. The predicted molar refractivity (Wildman–Crippen MR) is 162 cm³/mol. The highest BCUT2D eigenvalue weighted by Crippen LogP contribution is 2.29. The van der Waals surface area contributed by atoms with Gasteiger partial charge in [-0.2, -0.15) is 18.2 Å². The van der Waals surface area contributed by atoms with Crippen molar-refractivity contribution in [3.63, 3.8) is 0 Å². The van der Waals surface area contributed by atoms with Crippen molar-refractivity contribution < 1.29 is 27.0 Å².